The number of fused-ring (bicyclic) bond motifs is 3. The van der Waals surface area contributed by atoms with Gasteiger partial charge in [-0.3, -0.25) is 0 Å². The number of hydrogen-bond acceptors (Lipinski definition) is 3. The van der Waals surface area contributed by atoms with Crippen molar-refractivity contribution in [1.29, 1.82) is 0 Å². The topological polar surface area (TPSA) is 55.5 Å². The molecule has 0 amide bonds. The van der Waals surface area contributed by atoms with Gasteiger partial charge in [-0.15, -0.1) is 0 Å². The Labute approximate surface area is 91.0 Å². The van der Waals surface area contributed by atoms with Gasteiger partial charge in [0.2, 0.25) is 0 Å². The summed E-state index contributed by atoms with van der Waals surface area (Å²) in [7, 11) is 1.70. The Morgan fingerprint density at radius 2 is 2.13 bits per heavy atom. The molecule has 0 aromatic rings. The fraction of sp³-hybridized carbons (Fsp3) is 1.00. The third kappa shape index (κ3) is 1.17. The average Bonchev–Trinajstić information content (AvgIpc) is 2.85. The quantitative estimate of drug-likeness (QED) is 0.677. The first kappa shape index (κ1) is 10.1. The molecule has 6 atom stereocenters. The van der Waals surface area contributed by atoms with Crippen molar-refractivity contribution in [2.45, 2.75) is 50.4 Å². The summed E-state index contributed by atoms with van der Waals surface area (Å²) in [6.07, 6.45) is 5.50. The molecule has 3 N–H and O–H groups in total. The molecule has 0 aliphatic heterocycles. The van der Waals surface area contributed by atoms with E-state index in [1.54, 1.807) is 7.11 Å². The van der Waals surface area contributed by atoms with E-state index in [4.69, 9.17) is 10.5 Å². The first-order chi connectivity index (χ1) is 7.17. The van der Waals surface area contributed by atoms with Crippen LogP contribution in [0.1, 0.15) is 32.1 Å². The summed E-state index contributed by atoms with van der Waals surface area (Å²) >= 11 is 0. The SMILES string of the molecule is CO[C@H]1CC2(CC1O)C1CCC(C1)[C@H]2N. The molecule has 3 aliphatic rings. The minimum atomic E-state index is -0.291. The zero-order valence-electron chi connectivity index (χ0n) is 9.36. The zero-order valence-corrected chi connectivity index (χ0v) is 9.36. The van der Waals surface area contributed by atoms with Crippen molar-refractivity contribution in [3.63, 3.8) is 0 Å². The van der Waals surface area contributed by atoms with Crippen LogP contribution in [0.25, 0.3) is 0 Å². The molecule has 3 fully saturated rings. The van der Waals surface area contributed by atoms with E-state index in [9.17, 15) is 5.11 Å². The van der Waals surface area contributed by atoms with E-state index in [-0.39, 0.29) is 17.6 Å². The maximum absolute atomic E-state index is 9.98. The second kappa shape index (κ2) is 3.19. The van der Waals surface area contributed by atoms with Crippen LogP contribution in [0.5, 0.6) is 0 Å². The Hall–Kier alpha value is -0.120. The first-order valence-electron chi connectivity index (χ1n) is 6.14. The van der Waals surface area contributed by atoms with Gasteiger partial charge >= 0.3 is 0 Å². The molecule has 0 radical (unpaired) electrons. The third-order valence-electron chi connectivity index (χ3n) is 5.36. The Bertz CT molecular complexity index is 266. The lowest BCUT2D eigenvalue weighted by molar-refractivity contribution is 0.00927. The van der Waals surface area contributed by atoms with Gasteiger partial charge in [0, 0.05) is 13.2 Å². The average molecular weight is 211 g/mol. The number of hydrogen-bond donors (Lipinski definition) is 2. The van der Waals surface area contributed by atoms with E-state index in [0.29, 0.717) is 6.04 Å². The molecule has 0 aromatic heterocycles. The molecule has 4 unspecified atom stereocenters. The second-order valence-electron chi connectivity index (χ2n) is 5.78. The Morgan fingerprint density at radius 1 is 1.33 bits per heavy atom. The normalized spacial score (nSPS) is 58.2. The van der Waals surface area contributed by atoms with Gasteiger partial charge in [-0.1, -0.05) is 0 Å². The van der Waals surface area contributed by atoms with Crippen molar-refractivity contribution in [2.24, 2.45) is 23.0 Å². The van der Waals surface area contributed by atoms with E-state index in [1.807, 2.05) is 0 Å². The Balaban J connectivity index is 1.86. The lowest BCUT2D eigenvalue weighted by Crippen LogP contribution is -2.45. The molecule has 3 saturated carbocycles. The van der Waals surface area contributed by atoms with Gasteiger partial charge in [0.15, 0.2) is 0 Å². The number of aliphatic hydroxyl groups excluding tert-OH is 1. The summed E-state index contributed by atoms with van der Waals surface area (Å²) in [6, 6.07) is 0.311. The molecule has 3 aliphatic carbocycles. The zero-order chi connectivity index (χ0) is 10.6. The summed E-state index contributed by atoms with van der Waals surface area (Å²) in [5.41, 5.74) is 6.58. The first-order valence-corrected chi connectivity index (χ1v) is 6.14. The minimum Gasteiger partial charge on any atom is -0.390 e. The van der Waals surface area contributed by atoms with Gasteiger partial charge in [0.25, 0.3) is 0 Å². The maximum Gasteiger partial charge on any atom is 0.0836 e. The van der Waals surface area contributed by atoms with Crippen molar-refractivity contribution < 1.29 is 9.84 Å². The predicted octanol–water partition coefficient (Wildman–Crippen LogP) is 0.900. The number of aliphatic hydroxyl groups is 1. The molecule has 3 nitrogen and oxygen atoms in total. The van der Waals surface area contributed by atoms with Crippen molar-refractivity contribution in [1.82, 2.24) is 0 Å². The van der Waals surface area contributed by atoms with Crippen molar-refractivity contribution >= 4 is 0 Å². The molecule has 0 heterocycles. The molecule has 3 heteroatoms. The maximum atomic E-state index is 9.98. The molecular weight excluding hydrogens is 190 g/mol. The van der Waals surface area contributed by atoms with Gasteiger partial charge in [0.1, 0.15) is 0 Å². The molecular formula is C12H21NO2. The van der Waals surface area contributed by atoms with E-state index >= 15 is 0 Å². The number of nitrogens with two attached hydrogens (primary N) is 1. The summed E-state index contributed by atoms with van der Waals surface area (Å²) in [5.74, 6) is 1.48. The molecule has 0 aromatic carbocycles. The number of rotatable bonds is 1. The van der Waals surface area contributed by atoms with Gasteiger partial charge in [-0.05, 0) is 49.4 Å². The van der Waals surface area contributed by atoms with E-state index in [0.717, 1.165) is 24.7 Å². The van der Waals surface area contributed by atoms with Crippen molar-refractivity contribution in [3.05, 3.63) is 0 Å². The van der Waals surface area contributed by atoms with Crippen LogP contribution in [0.3, 0.4) is 0 Å². The van der Waals surface area contributed by atoms with Gasteiger partial charge in [-0.25, -0.2) is 0 Å². The van der Waals surface area contributed by atoms with E-state index in [2.05, 4.69) is 0 Å². The summed E-state index contributed by atoms with van der Waals surface area (Å²) < 4.78 is 5.36. The van der Waals surface area contributed by atoms with Gasteiger partial charge in [-0.2, -0.15) is 0 Å². The monoisotopic (exact) mass is 211 g/mol. The third-order valence-corrected chi connectivity index (χ3v) is 5.36. The predicted molar refractivity (Wildman–Crippen MR) is 57.3 cm³/mol. The highest BCUT2D eigenvalue weighted by molar-refractivity contribution is 5.13. The molecule has 0 saturated heterocycles. The van der Waals surface area contributed by atoms with Crippen molar-refractivity contribution in [2.75, 3.05) is 7.11 Å². The molecule has 86 valence electrons. The smallest absolute Gasteiger partial charge is 0.0836 e. The van der Waals surface area contributed by atoms with Gasteiger partial charge < -0.3 is 15.6 Å². The van der Waals surface area contributed by atoms with Gasteiger partial charge in [0.05, 0.1) is 12.2 Å². The van der Waals surface area contributed by atoms with Crippen molar-refractivity contribution in [3.8, 4) is 0 Å². The van der Waals surface area contributed by atoms with Crippen LogP contribution in [0.15, 0.2) is 0 Å². The number of ether oxygens (including phenoxy) is 1. The number of methoxy groups -OCH3 is 1. The Kier molecular flexibility index (Phi) is 2.14. The summed E-state index contributed by atoms with van der Waals surface area (Å²) in [5, 5.41) is 9.98. The van der Waals surface area contributed by atoms with Crippen LogP contribution in [-0.2, 0) is 4.74 Å². The molecule has 1 spiro atoms. The van der Waals surface area contributed by atoms with Crippen LogP contribution in [0.4, 0.5) is 0 Å². The molecule has 2 bridgehead atoms. The van der Waals surface area contributed by atoms with Crippen LogP contribution in [0.2, 0.25) is 0 Å². The lowest BCUT2D eigenvalue weighted by atomic mass is 9.69. The molecule has 15 heavy (non-hydrogen) atoms. The molecule has 3 rings (SSSR count). The largest absolute Gasteiger partial charge is 0.390 e. The fourth-order valence-electron chi connectivity index (χ4n) is 4.57. The fourth-order valence-corrected chi connectivity index (χ4v) is 4.57. The van der Waals surface area contributed by atoms with Crippen LogP contribution < -0.4 is 5.73 Å². The minimum absolute atomic E-state index is 0.0235. The second-order valence-corrected chi connectivity index (χ2v) is 5.78. The lowest BCUT2D eigenvalue weighted by Gasteiger charge is -2.39. The van der Waals surface area contributed by atoms with E-state index < -0.39 is 0 Å². The van der Waals surface area contributed by atoms with E-state index in [1.165, 1.54) is 19.3 Å². The van der Waals surface area contributed by atoms with Crippen LogP contribution in [-0.4, -0.2) is 30.5 Å². The highest BCUT2D eigenvalue weighted by atomic mass is 16.5. The standard InChI is InChI=1S/C12H21NO2/c1-15-10-6-12(5-9(10)14)8-3-2-7(4-8)11(12)13/h7-11,14H,2-6,13H2,1H3/t7?,8?,9?,10-,11+,12?/m0/s1. The van der Waals surface area contributed by atoms with Crippen LogP contribution >= 0.6 is 0 Å². The highest BCUT2D eigenvalue weighted by Crippen LogP contribution is 2.62. The summed E-state index contributed by atoms with van der Waals surface area (Å²) in [6.45, 7) is 0. The highest BCUT2D eigenvalue weighted by Gasteiger charge is 2.61. The van der Waals surface area contributed by atoms with Crippen LogP contribution in [0, 0.1) is 17.3 Å². The summed E-state index contributed by atoms with van der Waals surface area (Å²) in [4.78, 5) is 0. The Morgan fingerprint density at radius 3 is 2.67 bits per heavy atom.